The lowest BCUT2D eigenvalue weighted by atomic mass is 10.1. The Balaban J connectivity index is 1.32. The molecule has 4 aromatic heterocycles. The van der Waals surface area contributed by atoms with Crippen molar-refractivity contribution < 1.29 is 0 Å². The molecule has 0 bridgehead atoms. The third-order valence-electron chi connectivity index (χ3n) is 6.83. The highest BCUT2D eigenvalue weighted by Gasteiger charge is 2.17. The van der Waals surface area contributed by atoms with Crippen molar-refractivity contribution in [1.29, 1.82) is 0 Å². The van der Waals surface area contributed by atoms with Crippen molar-refractivity contribution in [3.05, 3.63) is 133 Å². The maximum Gasteiger partial charge on any atom is 0.161 e. The molecular formula is C33H30N8. The molecule has 202 valence electrons. The first-order valence-electron chi connectivity index (χ1n) is 13.4. The van der Waals surface area contributed by atoms with Gasteiger partial charge in [-0.25, -0.2) is 15.0 Å². The van der Waals surface area contributed by atoms with E-state index in [1.54, 1.807) is 12.4 Å². The maximum absolute atomic E-state index is 5.00. The highest BCUT2D eigenvalue weighted by atomic mass is 15.2. The number of aromatic nitrogens is 7. The lowest BCUT2D eigenvalue weighted by molar-refractivity contribution is 0.942. The van der Waals surface area contributed by atoms with Crippen LogP contribution in [0.1, 0.15) is 23.9 Å². The lowest BCUT2D eigenvalue weighted by Gasteiger charge is -2.12. The summed E-state index contributed by atoms with van der Waals surface area (Å²) in [6.45, 7) is 12.2. The van der Waals surface area contributed by atoms with Gasteiger partial charge in [0.25, 0.3) is 0 Å². The van der Waals surface area contributed by atoms with E-state index in [1.165, 1.54) is 5.56 Å². The lowest BCUT2D eigenvalue weighted by Crippen LogP contribution is -2.12. The Kier molecular flexibility index (Phi) is 6.87. The Morgan fingerprint density at radius 1 is 1.00 bits per heavy atom. The monoisotopic (exact) mass is 538 g/mol. The minimum absolute atomic E-state index is 0.642. The number of allylic oxidation sites excluding steroid dienone is 5. The molecule has 6 aromatic rings. The smallest absolute Gasteiger partial charge is 0.161 e. The predicted molar refractivity (Wildman–Crippen MR) is 165 cm³/mol. The third-order valence-corrected chi connectivity index (χ3v) is 6.83. The third kappa shape index (κ3) is 5.23. The van der Waals surface area contributed by atoms with Gasteiger partial charge in [-0.05, 0) is 61.4 Å². The van der Waals surface area contributed by atoms with Gasteiger partial charge in [-0.1, -0.05) is 55.6 Å². The normalized spacial score (nSPS) is 12.2. The second kappa shape index (κ2) is 10.9. The summed E-state index contributed by atoms with van der Waals surface area (Å²) >= 11 is 0. The predicted octanol–water partition coefficient (Wildman–Crippen LogP) is 6.81. The van der Waals surface area contributed by atoms with Gasteiger partial charge >= 0.3 is 0 Å². The standard InChI is InChI=1S/C33H30N8/c1-5-24(18-25(6-2)35-21(3)17-23-11-8-7-9-12-23)26-15-16-28-31(36-26)32(40-39-28)33-37-27-13-10-14-29(30(27)38-33)41-19-22(4)34-20-41/h5-16,18-20,35H,2-3,17H2,1,4H3,(H,37,38)(H,39,40)/b24-5+,25-18+. The van der Waals surface area contributed by atoms with Crippen molar-refractivity contribution in [3.63, 3.8) is 0 Å². The van der Waals surface area contributed by atoms with Crippen molar-refractivity contribution >= 4 is 27.6 Å². The van der Waals surface area contributed by atoms with E-state index >= 15 is 0 Å². The average molecular weight is 539 g/mol. The first-order valence-corrected chi connectivity index (χ1v) is 13.4. The number of hydrogen-bond donors (Lipinski definition) is 3. The Morgan fingerprint density at radius 3 is 2.61 bits per heavy atom. The van der Waals surface area contributed by atoms with E-state index in [2.05, 4.69) is 50.8 Å². The maximum atomic E-state index is 5.00. The Morgan fingerprint density at radius 2 is 1.85 bits per heavy atom. The molecule has 0 unspecified atom stereocenters. The molecule has 0 aliphatic rings. The summed E-state index contributed by atoms with van der Waals surface area (Å²) in [4.78, 5) is 17.7. The van der Waals surface area contributed by atoms with E-state index in [9.17, 15) is 0 Å². The van der Waals surface area contributed by atoms with Crippen LogP contribution in [0.15, 0.2) is 116 Å². The number of H-pyrrole nitrogens is 2. The molecule has 0 atom stereocenters. The van der Waals surface area contributed by atoms with Crippen molar-refractivity contribution in [1.82, 2.24) is 40.0 Å². The Labute approximate surface area is 237 Å². The molecule has 2 aromatic carbocycles. The van der Waals surface area contributed by atoms with Crippen LogP contribution in [0.4, 0.5) is 0 Å². The van der Waals surface area contributed by atoms with Crippen LogP contribution in [0.5, 0.6) is 0 Å². The zero-order valence-electron chi connectivity index (χ0n) is 23.0. The summed E-state index contributed by atoms with van der Waals surface area (Å²) in [5, 5.41) is 11.1. The first-order chi connectivity index (χ1) is 20.0. The molecule has 0 radical (unpaired) electrons. The minimum atomic E-state index is 0.642. The van der Waals surface area contributed by atoms with Gasteiger partial charge in [0.15, 0.2) is 11.5 Å². The van der Waals surface area contributed by atoms with Gasteiger partial charge in [0.1, 0.15) is 11.0 Å². The number of rotatable bonds is 9. The fourth-order valence-electron chi connectivity index (χ4n) is 4.82. The number of para-hydroxylation sites is 1. The van der Waals surface area contributed by atoms with Crippen LogP contribution in [0.25, 0.3) is 44.8 Å². The highest BCUT2D eigenvalue weighted by molar-refractivity contribution is 5.93. The van der Waals surface area contributed by atoms with Gasteiger partial charge in [-0.15, -0.1) is 0 Å². The fraction of sp³-hybridized carbons (Fsp3) is 0.0909. The average Bonchev–Trinajstić information content (AvgIpc) is 3.73. The summed E-state index contributed by atoms with van der Waals surface area (Å²) in [5.41, 5.74) is 10.5. The molecule has 8 heteroatoms. The van der Waals surface area contributed by atoms with E-state index in [0.717, 1.165) is 62.5 Å². The van der Waals surface area contributed by atoms with Crippen LogP contribution >= 0.6 is 0 Å². The molecular weight excluding hydrogens is 508 g/mol. The molecule has 0 aliphatic carbocycles. The molecule has 0 amide bonds. The minimum Gasteiger partial charge on any atom is -0.359 e. The second-order valence-electron chi connectivity index (χ2n) is 9.78. The van der Waals surface area contributed by atoms with Crippen LogP contribution in [0, 0.1) is 6.92 Å². The number of nitrogens with one attached hydrogen (secondary N) is 3. The number of fused-ring (bicyclic) bond motifs is 2. The molecule has 0 saturated heterocycles. The molecule has 0 saturated carbocycles. The van der Waals surface area contributed by atoms with Gasteiger partial charge in [0.2, 0.25) is 0 Å². The van der Waals surface area contributed by atoms with Crippen molar-refractivity contribution in [3.8, 4) is 17.2 Å². The van der Waals surface area contributed by atoms with Crippen LogP contribution in [0.2, 0.25) is 0 Å². The molecule has 4 heterocycles. The molecule has 6 rings (SSSR count). The first kappa shape index (κ1) is 25.8. The molecule has 0 aliphatic heterocycles. The Bertz CT molecular complexity index is 1950. The van der Waals surface area contributed by atoms with Crippen molar-refractivity contribution in [2.45, 2.75) is 20.3 Å². The highest BCUT2D eigenvalue weighted by Crippen LogP contribution is 2.29. The van der Waals surface area contributed by atoms with Crippen LogP contribution < -0.4 is 5.32 Å². The van der Waals surface area contributed by atoms with E-state index in [4.69, 9.17) is 9.97 Å². The summed E-state index contributed by atoms with van der Waals surface area (Å²) < 4.78 is 1.98. The fourth-order valence-corrected chi connectivity index (χ4v) is 4.82. The zero-order valence-corrected chi connectivity index (χ0v) is 23.0. The summed E-state index contributed by atoms with van der Waals surface area (Å²) in [7, 11) is 0. The molecule has 0 spiro atoms. The molecule has 3 N–H and O–H groups in total. The number of aromatic amines is 2. The van der Waals surface area contributed by atoms with Crippen molar-refractivity contribution in [2.75, 3.05) is 0 Å². The number of pyridine rings is 1. The Hall–Kier alpha value is -5.50. The molecule has 0 fully saturated rings. The van der Waals surface area contributed by atoms with Gasteiger partial charge in [0.05, 0.1) is 34.4 Å². The number of aryl methyl sites for hydroxylation is 1. The largest absolute Gasteiger partial charge is 0.359 e. The topological polar surface area (TPSA) is 100 Å². The van der Waals surface area contributed by atoms with Gasteiger partial charge in [-0.3, -0.25) is 5.10 Å². The van der Waals surface area contributed by atoms with Crippen molar-refractivity contribution in [2.24, 2.45) is 0 Å². The molecule has 41 heavy (non-hydrogen) atoms. The van der Waals surface area contributed by atoms with E-state index < -0.39 is 0 Å². The quantitative estimate of drug-likeness (QED) is 0.176. The SMILES string of the molecule is C=C/C(=C\C(=C/C)c1ccc2[nH]nc(-c3nc4c(-n5cnc(C)c5)cccc4[nH]3)c2n1)NC(=C)Cc1ccccc1. The zero-order chi connectivity index (χ0) is 28.3. The van der Waals surface area contributed by atoms with Crippen LogP contribution in [-0.4, -0.2) is 34.7 Å². The summed E-state index contributed by atoms with van der Waals surface area (Å²) in [6, 6.07) is 20.2. The summed E-state index contributed by atoms with van der Waals surface area (Å²) in [6.07, 6.45) is 10.3. The van der Waals surface area contributed by atoms with Crippen LogP contribution in [-0.2, 0) is 6.42 Å². The van der Waals surface area contributed by atoms with Crippen LogP contribution in [0.3, 0.4) is 0 Å². The summed E-state index contributed by atoms with van der Waals surface area (Å²) in [5.74, 6) is 0.642. The number of nitrogens with zero attached hydrogens (tertiary/aromatic N) is 5. The molecule has 8 nitrogen and oxygen atoms in total. The number of imidazole rings is 2. The van der Waals surface area contributed by atoms with Gasteiger partial charge in [0, 0.05) is 24.0 Å². The van der Waals surface area contributed by atoms with E-state index in [-0.39, 0.29) is 0 Å². The van der Waals surface area contributed by atoms with E-state index in [0.29, 0.717) is 11.5 Å². The number of hydrogen-bond acceptors (Lipinski definition) is 5. The van der Waals surface area contributed by atoms with Gasteiger partial charge in [-0.2, -0.15) is 5.10 Å². The van der Waals surface area contributed by atoms with Gasteiger partial charge < -0.3 is 14.9 Å². The number of benzene rings is 2. The second-order valence-corrected chi connectivity index (χ2v) is 9.78. The van der Waals surface area contributed by atoms with E-state index in [1.807, 2.05) is 85.3 Å².